The number of hydrogen-bond acceptors (Lipinski definition) is 5. The van der Waals surface area contributed by atoms with Crippen LogP contribution in [0, 0.1) is 17.0 Å². The maximum absolute atomic E-state index is 12.8. The Morgan fingerprint density at radius 2 is 1.80 bits per heavy atom. The first-order valence-corrected chi connectivity index (χ1v) is 9.13. The monoisotopic (exact) mass is 364 g/mol. The van der Waals surface area contributed by atoms with Crippen LogP contribution < -0.4 is 4.74 Å². The number of rotatable bonds is 7. The van der Waals surface area contributed by atoms with Gasteiger partial charge in [0.25, 0.3) is 5.69 Å². The van der Waals surface area contributed by atoms with E-state index in [0.29, 0.717) is 17.9 Å². The molecule has 0 unspecified atom stereocenters. The normalized spacial score (nSPS) is 11.5. The van der Waals surface area contributed by atoms with Crippen LogP contribution in [0.1, 0.15) is 18.1 Å². The van der Waals surface area contributed by atoms with Crippen molar-refractivity contribution in [1.82, 2.24) is 4.31 Å². The molecule has 0 atom stereocenters. The molecule has 0 saturated carbocycles. The number of nitro benzene ring substituents is 1. The van der Waals surface area contributed by atoms with Gasteiger partial charge in [-0.3, -0.25) is 10.1 Å². The molecule has 8 heteroatoms. The summed E-state index contributed by atoms with van der Waals surface area (Å²) in [4.78, 5) is 10.3. The smallest absolute Gasteiger partial charge is 0.270 e. The molecule has 0 aliphatic heterocycles. The van der Waals surface area contributed by atoms with Crippen molar-refractivity contribution in [2.75, 3.05) is 13.7 Å². The summed E-state index contributed by atoms with van der Waals surface area (Å²) < 4.78 is 32.1. The number of nitrogens with zero attached hydrogens (tertiary/aromatic N) is 2. The third kappa shape index (κ3) is 4.34. The van der Waals surface area contributed by atoms with E-state index in [2.05, 4.69) is 0 Å². The highest BCUT2D eigenvalue weighted by atomic mass is 32.2. The molecule has 0 saturated heterocycles. The van der Waals surface area contributed by atoms with Crippen molar-refractivity contribution < 1.29 is 18.1 Å². The summed E-state index contributed by atoms with van der Waals surface area (Å²) in [7, 11) is -2.40. The zero-order valence-corrected chi connectivity index (χ0v) is 15.1. The maximum atomic E-state index is 12.8. The van der Waals surface area contributed by atoms with Crippen molar-refractivity contribution in [3.05, 3.63) is 63.7 Å². The largest absolute Gasteiger partial charge is 0.494 e. The molecule has 0 aliphatic carbocycles. The van der Waals surface area contributed by atoms with Crippen LogP contribution in [-0.2, 0) is 16.6 Å². The van der Waals surface area contributed by atoms with Crippen molar-refractivity contribution in [1.29, 1.82) is 0 Å². The summed E-state index contributed by atoms with van der Waals surface area (Å²) in [6, 6.07) is 11.0. The zero-order valence-electron chi connectivity index (χ0n) is 14.3. The minimum atomic E-state index is -3.85. The molecule has 134 valence electrons. The number of benzene rings is 2. The lowest BCUT2D eigenvalue weighted by Gasteiger charge is -2.18. The van der Waals surface area contributed by atoms with Crippen LogP contribution in [0.2, 0.25) is 0 Å². The second kappa shape index (κ2) is 7.62. The lowest BCUT2D eigenvalue weighted by Crippen LogP contribution is -2.27. The Kier molecular flexibility index (Phi) is 5.76. The standard InChI is InChI=1S/C17H20N2O5S/c1-4-24-16-9-6-14(7-10-16)12-18(3)25(22,23)17-11-15(19(20)21)8-5-13(17)2/h5-11H,4,12H2,1-3H3. The minimum Gasteiger partial charge on any atom is -0.494 e. The highest BCUT2D eigenvalue weighted by Gasteiger charge is 2.25. The molecule has 0 radical (unpaired) electrons. The van der Waals surface area contributed by atoms with E-state index in [9.17, 15) is 18.5 Å². The molecule has 0 aromatic heterocycles. The van der Waals surface area contributed by atoms with Crippen molar-refractivity contribution in [2.45, 2.75) is 25.3 Å². The Balaban J connectivity index is 2.27. The van der Waals surface area contributed by atoms with Gasteiger partial charge in [0.05, 0.1) is 16.4 Å². The average molecular weight is 364 g/mol. The fraction of sp³-hybridized carbons (Fsp3) is 0.294. The fourth-order valence-corrected chi connectivity index (χ4v) is 3.75. The molecule has 0 bridgehead atoms. The summed E-state index contributed by atoms with van der Waals surface area (Å²) in [5.41, 5.74) is 1.00. The average Bonchev–Trinajstić information content (AvgIpc) is 2.56. The summed E-state index contributed by atoms with van der Waals surface area (Å²) in [5, 5.41) is 10.9. The predicted octanol–water partition coefficient (Wildman–Crippen LogP) is 3.12. The third-order valence-electron chi connectivity index (χ3n) is 3.71. The topological polar surface area (TPSA) is 89.8 Å². The van der Waals surface area contributed by atoms with E-state index in [0.717, 1.165) is 11.6 Å². The first-order valence-electron chi connectivity index (χ1n) is 7.69. The SMILES string of the molecule is CCOc1ccc(CN(C)S(=O)(=O)c2cc([N+](=O)[O-])ccc2C)cc1. The van der Waals surface area contributed by atoms with E-state index in [-0.39, 0.29) is 17.1 Å². The molecule has 0 heterocycles. The number of sulfonamides is 1. The van der Waals surface area contributed by atoms with Crippen LogP contribution in [-0.4, -0.2) is 31.3 Å². The Labute approximate surface area is 147 Å². The number of non-ortho nitro benzene ring substituents is 1. The van der Waals surface area contributed by atoms with Gasteiger partial charge in [-0.15, -0.1) is 0 Å². The Morgan fingerprint density at radius 1 is 1.16 bits per heavy atom. The minimum absolute atomic E-state index is 0.0601. The Morgan fingerprint density at radius 3 is 2.36 bits per heavy atom. The van der Waals surface area contributed by atoms with Gasteiger partial charge in [-0.2, -0.15) is 4.31 Å². The third-order valence-corrected chi connectivity index (χ3v) is 5.66. The van der Waals surface area contributed by atoms with Crippen LogP contribution >= 0.6 is 0 Å². The molecular weight excluding hydrogens is 344 g/mol. The van der Waals surface area contributed by atoms with Crippen molar-refractivity contribution in [3.8, 4) is 5.75 Å². The molecule has 0 aliphatic rings. The lowest BCUT2D eigenvalue weighted by molar-refractivity contribution is -0.385. The predicted molar refractivity (Wildman–Crippen MR) is 94.1 cm³/mol. The van der Waals surface area contributed by atoms with E-state index in [1.807, 2.05) is 6.92 Å². The number of nitro groups is 1. The summed E-state index contributed by atoms with van der Waals surface area (Å²) in [6.07, 6.45) is 0. The summed E-state index contributed by atoms with van der Waals surface area (Å²) in [6.45, 7) is 4.20. The molecule has 7 nitrogen and oxygen atoms in total. The molecule has 2 rings (SSSR count). The van der Waals surface area contributed by atoms with Gasteiger partial charge in [0.1, 0.15) is 5.75 Å². The van der Waals surface area contributed by atoms with Gasteiger partial charge in [-0.05, 0) is 37.1 Å². The Bertz CT molecular complexity index is 863. The fourth-order valence-electron chi connectivity index (χ4n) is 2.35. The molecule has 25 heavy (non-hydrogen) atoms. The summed E-state index contributed by atoms with van der Waals surface area (Å²) in [5.74, 6) is 0.714. The first kappa shape index (κ1) is 18.9. The van der Waals surface area contributed by atoms with Crippen LogP contribution in [0.4, 0.5) is 5.69 Å². The van der Waals surface area contributed by atoms with E-state index >= 15 is 0 Å². The van der Waals surface area contributed by atoms with Gasteiger partial charge in [0, 0.05) is 25.7 Å². The van der Waals surface area contributed by atoms with E-state index < -0.39 is 14.9 Å². The van der Waals surface area contributed by atoms with Crippen LogP contribution in [0.15, 0.2) is 47.4 Å². The van der Waals surface area contributed by atoms with Gasteiger partial charge in [0.15, 0.2) is 0 Å². The highest BCUT2D eigenvalue weighted by molar-refractivity contribution is 7.89. The van der Waals surface area contributed by atoms with Gasteiger partial charge < -0.3 is 4.74 Å². The van der Waals surface area contributed by atoms with E-state index in [1.165, 1.54) is 23.5 Å². The first-order chi connectivity index (χ1) is 11.8. The highest BCUT2D eigenvalue weighted by Crippen LogP contribution is 2.25. The van der Waals surface area contributed by atoms with Crippen LogP contribution in [0.3, 0.4) is 0 Å². The molecular formula is C17H20N2O5S. The van der Waals surface area contributed by atoms with Gasteiger partial charge in [-0.1, -0.05) is 18.2 Å². The van der Waals surface area contributed by atoms with Crippen molar-refractivity contribution in [2.24, 2.45) is 0 Å². The molecule has 2 aromatic carbocycles. The lowest BCUT2D eigenvalue weighted by atomic mass is 10.2. The molecule has 0 spiro atoms. The second-order valence-electron chi connectivity index (χ2n) is 5.54. The molecule has 0 fully saturated rings. The maximum Gasteiger partial charge on any atom is 0.270 e. The molecule has 0 amide bonds. The van der Waals surface area contributed by atoms with Crippen molar-refractivity contribution in [3.63, 3.8) is 0 Å². The quantitative estimate of drug-likeness (QED) is 0.556. The van der Waals surface area contributed by atoms with E-state index in [1.54, 1.807) is 31.2 Å². The van der Waals surface area contributed by atoms with Crippen LogP contribution in [0.5, 0.6) is 5.75 Å². The van der Waals surface area contributed by atoms with E-state index in [4.69, 9.17) is 4.74 Å². The van der Waals surface area contributed by atoms with Gasteiger partial charge in [0.2, 0.25) is 10.0 Å². The molecule has 2 aromatic rings. The second-order valence-corrected chi connectivity index (χ2v) is 7.56. The van der Waals surface area contributed by atoms with Crippen LogP contribution in [0.25, 0.3) is 0 Å². The number of hydrogen-bond donors (Lipinski definition) is 0. The Hall–Kier alpha value is -2.45. The van der Waals surface area contributed by atoms with Crippen molar-refractivity contribution >= 4 is 15.7 Å². The zero-order chi connectivity index (χ0) is 18.6. The number of aryl methyl sites for hydroxylation is 1. The number of ether oxygens (including phenoxy) is 1. The van der Waals surface area contributed by atoms with Gasteiger partial charge >= 0.3 is 0 Å². The molecule has 0 N–H and O–H groups in total. The summed E-state index contributed by atoms with van der Waals surface area (Å²) >= 11 is 0. The van der Waals surface area contributed by atoms with Gasteiger partial charge in [-0.25, -0.2) is 8.42 Å².